The highest BCUT2D eigenvalue weighted by molar-refractivity contribution is 9.10. The van der Waals surface area contributed by atoms with Gasteiger partial charge in [-0.1, -0.05) is 24.6 Å². The van der Waals surface area contributed by atoms with Crippen LogP contribution in [0.25, 0.3) is 0 Å². The monoisotopic (exact) mass is 344 g/mol. The second-order valence-corrected chi connectivity index (χ2v) is 6.64. The molecule has 2 N–H and O–H groups in total. The third kappa shape index (κ3) is 4.19. The van der Waals surface area contributed by atoms with Crippen LogP contribution in [0.15, 0.2) is 22.7 Å². The number of hydrogen-bond acceptors (Lipinski definition) is 2. The molecule has 1 aliphatic carbocycles. The van der Waals surface area contributed by atoms with Crippen LogP contribution in [0.1, 0.15) is 38.2 Å². The molecule has 1 aliphatic rings. The maximum atomic E-state index is 6.16. The van der Waals surface area contributed by atoms with E-state index in [0.717, 1.165) is 35.4 Å². The van der Waals surface area contributed by atoms with Gasteiger partial charge in [0.2, 0.25) is 0 Å². The van der Waals surface area contributed by atoms with Crippen LogP contribution in [0.2, 0.25) is 5.02 Å². The van der Waals surface area contributed by atoms with Crippen LogP contribution < -0.4 is 5.73 Å². The number of nitrogens with two attached hydrogens (primary N) is 1. The number of rotatable bonds is 4. The van der Waals surface area contributed by atoms with Crippen molar-refractivity contribution in [3.63, 3.8) is 0 Å². The lowest BCUT2D eigenvalue weighted by Gasteiger charge is -2.35. The first kappa shape index (κ1) is 15.3. The predicted molar refractivity (Wildman–Crippen MR) is 85.5 cm³/mol. The van der Waals surface area contributed by atoms with E-state index in [9.17, 15) is 0 Å². The SMILES string of the molecule is CCN(Cc1ccc(Br)c(Cl)c1)C1CCC(N)CC1. The van der Waals surface area contributed by atoms with Gasteiger partial charge in [0.1, 0.15) is 0 Å². The topological polar surface area (TPSA) is 29.3 Å². The van der Waals surface area contributed by atoms with Gasteiger partial charge < -0.3 is 5.73 Å². The second-order valence-electron chi connectivity index (χ2n) is 5.38. The van der Waals surface area contributed by atoms with E-state index in [1.54, 1.807) is 0 Å². The van der Waals surface area contributed by atoms with Gasteiger partial charge in [0.05, 0.1) is 5.02 Å². The summed E-state index contributed by atoms with van der Waals surface area (Å²) in [6.07, 6.45) is 4.75. The lowest BCUT2D eigenvalue weighted by Crippen LogP contribution is -2.40. The Hall–Kier alpha value is -0.0900. The van der Waals surface area contributed by atoms with Gasteiger partial charge in [0.25, 0.3) is 0 Å². The molecule has 1 aromatic carbocycles. The maximum Gasteiger partial charge on any atom is 0.0551 e. The minimum Gasteiger partial charge on any atom is -0.328 e. The second kappa shape index (κ2) is 7.07. The fraction of sp³-hybridized carbons (Fsp3) is 0.600. The normalized spacial score (nSPS) is 23.8. The van der Waals surface area contributed by atoms with Crippen molar-refractivity contribution in [3.8, 4) is 0 Å². The molecule has 0 aliphatic heterocycles. The Morgan fingerprint density at radius 2 is 2.00 bits per heavy atom. The molecule has 0 amide bonds. The van der Waals surface area contributed by atoms with Crippen molar-refractivity contribution in [3.05, 3.63) is 33.3 Å². The molecule has 0 radical (unpaired) electrons. The van der Waals surface area contributed by atoms with Gasteiger partial charge >= 0.3 is 0 Å². The van der Waals surface area contributed by atoms with Gasteiger partial charge in [0.15, 0.2) is 0 Å². The molecular formula is C15H22BrClN2. The van der Waals surface area contributed by atoms with E-state index >= 15 is 0 Å². The maximum absolute atomic E-state index is 6.16. The van der Waals surface area contributed by atoms with Gasteiger partial charge in [0, 0.05) is 23.1 Å². The molecule has 2 nitrogen and oxygen atoms in total. The van der Waals surface area contributed by atoms with E-state index in [1.807, 2.05) is 6.07 Å². The van der Waals surface area contributed by atoms with Crippen molar-refractivity contribution in [1.29, 1.82) is 0 Å². The first-order valence-corrected chi connectivity index (χ1v) is 8.20. The average Bonchev–Trinajstić information content (AvgIpc) is 2.41. The van der Waals surface area contributed by atoms with Gasteiger partial charge in [-0.25, -0.2) is 0 Å². The Morgan fingerprint density at radius 1 is 1.32 bits per heavy atom. The molecule has 0 unspecified atom stereocenters. The first-order chi connectivity index (χ1) is 9.10. The standard InChI is InChI=1S/C15H22BrClN2/c1-2-19(13-6-4-12(18)5-7-13)10-11-3-8-14(16)15(17)9-11/h3,8-9,12-13H,2,4-7,10,18H2,1H3. The molecule has 0 atom stereocenters. The lowest BCUT2D eigenvalue weighted by molar-refractivity contribution is 0.149. The van der Waals surface area contributed by atoms with Crippen molar-refractivity contribution in [2.45, 2.75) is 51.2 Å². The Bertz CT molecular complexity index is 417. The van der Waals surface area contributed by atoms with Crippen LogP contribution in [0.3, 0.4) is 0 Å². The third-order valence-corrected chi connectivity index (χ3v) is 5.27. The summed E-state index contributed by atoms with van der Waals surface area (Å²) < 4.78 is 0.963. The summed E-state index contributed by atoms with van der Waals surface area (Å²) in [6.45, 7) is 4.28. The van der Waals surface area contributed by atoms with Crippen LogP contribution in [-0.2, 0) is 6.54 Å². The largest absolute Gasteiger partial charge is 0.328 e. The Morgan fingerprint density at radius 3 is 2.58 bits per heavy atom. The molecule has 4 heteroatoms. The van der Waals surface area contributed by atoms with Crippen molar-refractivity contribution < 1.29 is 0 Å². The summed E-state index contributed by atoms with van der Waals surface area (Å²) in [6, 6.07) is 7.32. The summed E-state index contributed by atoms with van der Waals surface area (Å²) >= 11 is 9.60. The van der Waals surface area contributed by atoms with Gasteiger partial charge in [-0.3, -0.25) is 4.90 Å². The highest BCUT2D eigenvalue weighted by atomic mass is 79.9. The van der Waals surface area contributed by atoms with E-state index in [4.69, 9.17) is 17.3 Å². The van der Waals surface area contributed by atoms with E-state index in [1.165, 1.54) is 18.4 Å². The van der Waals surface area contributed by atoms with Crippen molar-refractivity contribution in [2.24, 2.45) is 5.73 Å². The summed E-state index contributed by atoms with van der Waals surface area (Å²) in [4.78, 5) is 2.55. The van der Waals surface area contributed by atoms with E-state index in [2.05, 4.69) is 39.9 Å². The smallest absolute Gasteiger partial charge is 0.0551 e. The fourth-order valence-corrected chi connectivity index (χ4v) is 3.29. The molecule has 106 valence electrons. The molecule has 1 saturated carbocycles. The zero-order valence-electron chi connectivity index (χ0n) is 11.4. The number of benzene rings is 1. The molecule has 0 bridgehead atoms. The Kier molecular flexibility index (Phi) is 5.70. The zero-order valence-corrected chi connectivity index (χ0v) is 13.8. The molecule has 0 heterocycles. The minimum absolute atomic E-state index is 0.414. The molecule has 1 aromatic rings. The molecule has 1 fully saturated rings. The summed E-state index contributed by atoms with van der Waals surface area (Å²) in [5.41, 5.74) is 7.27. The highest BCUT2D eigenvalue weighted by Gasteiger charge is 2.23. The highest BCUT2D eigenvalue weighted by Crippen LogP contribution is 2.26. The van der Waals surface area contributed by atoms with Gasteiger partial charge in [-0.05, 0) is 65.9 Å². The zero-order chi connectivity index (χ0) is 13.8. The summed E-state index contributed by atoms with van der Waals surface area (Å²) in [5, 5.41) is 0.791. The Balaban J connectivity index is 2.00. The van der Waals surface area contributed by atoms with Crippen LogP contribution in [0.4, 0.5) is 0 Å². The van der Waals surface area contributed by atoms with Gasteiger partial charge in [-0.2, -0.15) is 0 Å². The number of halogens is 2. The van der Waals surface area contributed by atoms with Crippen molar-refractivity contribution >= 4 is 27.5 Å². The molecule has 0 aromatic heterocycles. The van der Waals surface area contributed by atoms with Crippen LogP contribution >= 0.6 is 27.5 Å². The summed E-state index contributed by atoms with van der Waals surface area (Å²) in [5.74, 6) is 0. The van der Waals surface area contributed by atoms with E-state index in [0.29, 0.717) is 12.1 Å². The predicted octanol–water partition coefficient (Wildman–Crippen LogP) is 4.19. The third-order valence-electron chi connectivity index (χ3n) is 4.03. The number of hydrogen-bond donors (Lipinski definition) is 1. The van der Waals surface area contributed by atoms with E-state index in [-0.39, 0.29) is 0 Å². The molecule has 0 saturated heterocycles. The number of nitrogens with zero attached hydrogens (tertiary/aromatic N) is 1. The quantitative estimate of drug-likeness (QED) is 0.886. The fourth-order valence-electron chi connectivity index (χ4n) is 2.84. The molecule has 0 spiro atoms. The molecule has 19 heavy (non-hydrogen) atoms. The average molecular weight is 346 g/mol. The first-order valence-electron chi connectivity index (χ1n) is 7.03. The van der Waals surface area contributed by atoms with E-state index < -0.39 is 0 Å². The minimum atomic E-state index is 0.414. The summed E-state index contributed by atoms with van der Waals surface area (Å²) in [7, 11) is 0. The lowest BCUT2D eigenvalue weighted by atomic mass is 9.90. The van der Waals surface area contributed by atoms with Gasteiger partial charge in [-0.15, -0.1) is 0 Å². The van der Waals surface area contributed by atoms with Crippen molar-refractivity contribution in [2.75, 3.05) is 6.54 Å². The van der Waals surface area contributed by atoms with Crippen molar-refractivity contribution in [1.82, 2.24) is 4.90 Å². The van der Waals surface area contributed by atoms with Crippen LogP contribution in [0.5, 0.6) is 0 Å². The van der Waals surface area contributed by atoms with Crippen LogP contribution in [-0.4, -0.2) is 23.5 Å². The molecular weight excluding hydrogens is 324 g/mol. The Labute approximate surface area is 129 Å². The molecule has 2 rings (SSSR count). The van der Waals surface area contributed by atoms with Crippen LogP contribution in [0, 0.1) is 0 Å².